The monoisotopic (exact) mass is 248 g/mol. The number of rotatable bonds is 2. The zero-order valence-electron chi connectivity index (χ0n) is 9.78. The molecule has 0 bridgehead atoms. The fraction of sp³-hybridized carbons (Fsp3) is 0.357. The van der Waals surface area contributed by atoms with E-state index < -0.39 is 17.2 Å². The molecule has 1 aromatic heterocycles. The summed E-state index contributed by atoms with van der Waals surface area (Å²) in [5.41, 5.74) is -0.00808. The van der Waals surface area contributed by atoms with E-state index >= 15 is 0 Å². The minimum Gasteiger partial charge on any atom is -0.481 e. The molecule has 0 radical (unpaired) electrons. The van der Waals surface area contributed by atoms with Crippen molar-refractivity contribution in [2.75, 3.05) is 0 Å². The first-order valence-corrected chi connectivity index (χ1v) is 6.04. The molecule has 18 heavy (non-hydrogen) atoms. The lowest BCUT2D eigenvalue weighted by Gasteiger charge is -2.24. The van der Waals surface area contributed by atoms with Crippen molar-refractivity contribution in [1.29, 1.82) is 0 Å². The number of furan rings is 1. The first kappa shape index (κ1) is 11.3. The third kappa shape index (κ3) is 1.45. The van der Waals surface area contributed by atoms with Crippen LogP contribution in [0.1, 0.15) is 31.2 Å². The number of aliphatic carboxylic acids is 1. The molecule has 1 heterocycles. The highest BCUT2D eigenvalue weighted by Crippen LogP contribution is 2.44. The molecule has 0 saturated heterocycles. The molecule has 4 heteroatoms. The van der Waals surface area contributed by atoms with Crippen molar-refractivity contribution in [3.05, 3.63) is 35.8 Å². The zero-order chi connectivity index (χ0) is 12.8. The van der Waals surface area contributed by atoms with Crippen LogP contribution in [0.3, 0.4) is 0 Å². The SMILES string of the molecule is O=C(O)C1(c2cc(F)cc3ccoc23)CCCC1. The second-order valence-electron chi connectivity index (χ2n) is 4.89. The Kier molecular flexibility index (Phi) is 2.40. The van der Waals surface area contributed by atoms with E-state index in [4.69, 9.17) is 4.42 Å². The van der Waals surface area contributed by atoms with Gasteiger partial charge in [-0.15, -0.1) is 0 Å². The highest BCUT2D eigenvalue weighted by Gasteiger charge is 2.45. The summed E-state index contributed by atoms with van der Waals surface area (Å²) < 4.78 is 19.0. The molecular formula is C14H13FO3. The Morgan fingerprint density at radius 2 is 2.06 bits per heavy atom. The third-order valence-corrected chi connectivity index (χ3v) is 3.90. The van der Waals surface area contributed by atoms with Gasteiger partial charge in [-0.2, -0.15) is 0 Å². The molecule has 0 amide bonds. The van der Waals surface area contributed by atoms with Gasteiger partial charge in [0.2, 0.25) is 0 Å². The van der Waals surface area contributed by atoms with Crippen molar-refractivity contribution in [1.82, 2.24) is 0 Å². The van der Waals surface area contributed by atoms with Gasteiger partial charge in [0.05, 0.1) is 11.7 Å². The maximum Gasteiger partial charge on any atom is 0.314 e. The number of hydrogen-bond acceptors (Lipinski definition) is 2. The number of fused-ring (bicyclic) bond motifs is 1. The number of benzene rings is 1. The minimum absolute atomic E-state index is 0.411. The number of carboxylic acids is 1. The minimum atomic E-state index is -0.988. The lowest BCUT2D eigenvalue weighted by atomic mass is 9.78. The van der Waals surface area contributed by atoms with Gasteiger partial charge in [0.15, 0.2) is 0 Å². The van der Waals surface area contributed by atoms with Crippen molar-refractivity contribution in [3.8, 4) is 0 Å². The van der Waals surface area contributed by atoms with Crippen LogP contribution in [0.4, 0.5) is 4.39 Å². The largest absolute Gasteiger partial charge is 0.481 e. The van der Waals surface area contributed by atoms with Gasteiger partial charge in [-0.1, -0.05) is 12.8 Å². The Labute approximate surface area is 103 Å². The van der Waals surface area contributed by atoms with Crippen LogP contribution in [0, 0.1) is 5.82 Å². The molecule has 1 aliphatic rings. The fourth-order valence-corrected chi connectivity index (χ4v) is 2.98. The number of carbonyl (C=O) groups is 1. The average Bonchev–Trinajstić information content (AvgIpc) is 2.96. The molecule has 1 aromatic carbocycles. The molecule has 1 N–H and O–H groups in total. The molecule has 3 rings (SSSR count). The van der Waals surface area contributed by atoms with Crippen LogP contribution in [0.25, 0.3) is 11.0 Å². The van der Waals surface area contributed by atoms with E-state index in [0.717, 1.165) is 12.8 Å². The highest BCUT2D eigenvalue weighted by molar-refractivity contribution is 5.90. The van der Waals surface area contributed by atoms with E-state index in [1.807, 2.05) is 0 Å². The summed E-state index contributed by atoms with van der Waals surface area (Å²) in [6.45, 7) is 0. The van der Waals surface area contributed by atoms with E-state index in [2.05, 4.69) is 0 Å². The first-order chi connectivity index (χ1) is 8.63. The van der Waals surface area contributed by atoms with E-state index in [9.17, 15) is 14.3 Å². The summed E-state index contributed by atoms with van der Waals surface area (Å²) in [5, 5.41) is 10.2. The maximum absolute atomic E-state index is 13.6. The molecule has 3 nitrogen and oxygen atoms in total. The van der Waals surface area contributed by atoms with Gasteiger partial charge >= 0.3 is 5.97 Å². The van der Waals surface area contributed by atoms with Gasteiger partial charge in [0.25, 0.3) is 0 Å². The summed E-state index contributed by atoms with van der Waals surface area (Å²) >= 11 is 0. The lowest BCUT2D eigenvalue weighted by molar-refractivity contribution is -0.143. The highest BCUT2D eigenvalue weighted by atomic mass is 19.1. The molecule has 1 saturated carbocycles. The Morgan fingerprint density at radius 1 is 1.33 bits per heavy atom. The van der Waals surface area contributed by atoms with Gasteiger partial charge in [-0.05, 0) is 31.0 Å². The Bertz CT molecular complexity index is 609. The van der Waals surface area contributed by atoms with E-state index in [0.29, 0.717) is 29.4 Å². The van der Waals surface area contributed by atoms with Crippen LogP contribution in [0.15, 0.2) is 28.9 Å². The zero-order valence-corrected chi connectivity index (χ0v) is 9.78. The van der Waals surface area contributed by atoms with Crippen LogP contribution in [0.5, 0.6) is 0 Å². The van der Waals surface area contributed by atoms with Gasteiger partial charge in [0, 0.05) is 10.9 Å². The van der Waals surface area contributed by atoms with Crippen LogP contribution >= 0.6 is 0 Å². The summed E-state index contributed by atoms with van der Waals surface area (Å²) in [4.78, 5) is 11.6. The third-order valence-electron chi connectivity index (χ3n) is 3.90. The van der Waals surface area contributed by atoms with E-state index in [-0.39, 0.29) is 0 Å². The Morgan fingerprint density at radius 3 is 2.72 bits per heavy atom. The van der Waals surface area contributed by atoms with Crippen molar-refractivity contribution in [3.63, 3.8) is 0 Å². The van der Waals surface area contributed by atoms with Crippen LogP contribution in [0.2, 0.25) is 0 Å². The van der Waals surface area contributed by atoms with Gasteiger partial charge in [-0.3, -0.25) is 4.79 Å². The molecule has 1 aliphatic carbocycles. The maximum atomic E-state index is 13.6. The quantitative estimate of drug-likeness (QED) is 0.885. The topological polar surface area (TPSA) is 50.4 Å². The molecule has 0 aliphatic heterocycles. The summed E-state index contributed by atoms with van der Waals surface area (Å²) in [5.74, 6) is -1.30. The van der Waals surface area contributed by atoms with E-state index in [1.54, 1.807) is 6.07 Å². The summed E-state index contributed by atoms with van der Waals surface area (Å²) in [6, 6.07) is 4.34. The van der Waals surface area contributed by atoms with Crippen LogP contribution in [-0.2, 0) is 10.2 Å². The van der Waals surface area contributed by atoms with Gasteiger partial charge in [-0.25, -0.2) is 4.39 Å². The summed E-state index contributed by atoms with van der Waals surface area (Å²) in [6.07, 6.45) is 4.26. The van der Waals surface area contributed by atoms with Crippen molar-refractivity contribution in [2.24, 2.45) is 0 Å². The van der Waals surface area contributed by atoms with Crippen LogP contribution < -0.4 is 0 Å². The lowest BCUT2D eigenvalue weighted by Crippen LogP contribution is -2.32. The van der Waals surface area contributed by atoms with Gasteiger partial charge in [0.1, 0.15) is 11.4 Å². The average molecular weight is 248 g/mol. The predicted octanol–water partition coefficient (Wildman–Crippen LogP) is 3.47. The van der Waals surface area contributed by atoms with Crippen molar-refractivity contribution in [2.45, 2.75) is 31.1 Å². The molecule has 2 aromatic rings. The number of halogens is 1. The number of carboxylic acid groups (broad SMARTS) is 1. The number of hydrogen-bond donors (Lipinski definition) is 1. The smallest absolute Gasteiger partial charge is 0.314 e. The predicted molar refractivity (Wildman–Crippen MR) is 64.0 cm³/mol. The Hall–Kier alpha value is -1.84. The van der Waals surface area contributed by atoms with Crippen molar-refractivity contribution >= 4 is 16.9 Å². The van der Waals surface area contributed by atoms with E-state index in [1.165, 1.54) is 18.4 Å². The second-order valence-corrected chi connectivity index (χ2v) is 4.89. The standard InChI is InChI=1S/C14H13FO3/c15-10-7-9-3-6-18-12(9)11(8-10)14(13(16)17)4-1-2-5-14/h3,6-8H,1-2,4-5H2,(H,16,17). The molecule has 0 unspecified atom stereocenters. The van der Waals surface area contributed by atoms with Gasteiger partial charge < -0.3 is 9.52 Å². The molecule has 1 fully saturated rings. The second kappa shape index (κ2) is 3.83. The molecular weight excluding hydrogens is 235 g/mol. The fourth-order valence-electron chi connectivity index (χ4n) is 2.98. The first-order valence-electron chi connectivity index (χ1n) is 6.04. The van der Waals surface area contributed by atoms with Crippen molar-refractivity contribution < 1.29 is 18.7 Å². The molecule has 0 spiro atoms. The summed E-state index contributed by atoms with van der Waals surface area (Å²) in [7, 11) is 0. The Balaban J connectivity index is 2.29. The molecule has 0 atom stereocenters. The van der Waals surface area contributed by atoms with Crippen LogP contribution in [-0.4, -0.2) is 11.1 Å². The normalized spacial score (nSPS) is 18.3. The molecule has 94 valence electrons.